The van der Waals surface area contributed by atoms with Crippen molar-refractivity contribution >= 4 is 11.8 Å². The topological polar surface area (TPSA) is 66.8 Å². The Labute approximate surface area is 153 Å². The predicted octanol–water partition coefficient (Wildman–Crippen LogP) is 2.72. The van der Waals surface area contributed by atoms with Gasteiger partial charge in [0.05, 0.1) is 18.8 Å². The number of Topliss-reactive ketones (excluding diaryl/α,β-unsaturated/α-hetero) is 1. The van der Waals surface area contributed by atoms with Crippen LogP contribution in [-0.2, 0) is 9.53 Å². The molecule has 148 valence electrons. The summed E-state index contributed by atoms with van der Waals surface area (Å²) in [7, 11) is 0. The number of nitrogens with zero attached hydrogens (tertiary/aromatic N) is 1. The maximum atomic E-state index is 14.0. The van der Waals surface area contributed by atoms with Gasteiger partial charge in [-0.25, -0.2) is 22.4 Å². The van der Waals surface area contributed by atoms with Gasteiger partial charge >= 0.3 is 5.97 Å². The Bertz CT molecular complexity index is 762. The van der Waals surface area contributed by atoms with Crippen LogP contribution >= 0.6 is 0 Å². The van der Waals surface area contributed by atoms with E-state index in [4.69, 9.17) is 4.74 Å². The number of ether oxygens (including phenoxy) is 1. The molecule has 5 nitrogen and oxygen atoms in total. The summed E-state index contributed by atoms with van der Waals surface area (Å²) in [5.74, 6) is -10.3. The predicted molar refractivity (Wildman–Crippen MR) is 86.8 cm³/mol. The molecule has 1 aliphatic rings. The Morgan fingerprint density at radius 3 is 2.41 bits per heavy atom. The van der Waals surface area contributed by atoms with E-state index in [-0.39, 0.29) is 31.9 Å². The number of rotatable bonds is 8. The van der Waals surface area contributed by atoms with Gasteiger partial charge in [-0.05, 0) is 32.3 Å². The highest BCUT2D eigenvalue weighted by Gasteiger charge is 2.31. The van der Waals surface area contributed by atoms with E-state index < -0.39 is 46.2 Å². The fourth-order valence-corrected chi connectivity index (χ4v) is 2.65. The van der Waals surface area contributed by atoms with Gasteiger partial charge in [-0.2, -0.15) is 0 Å². The largest absolute Gasteiger partial charge is 0.462 e. The number of aliphatic hydroxyl groups is 1. The summed E-state index contributed by atoms with van der Waals surface area (Å²) in [5.41, 5.74) is -1.79. The maximum absolute atomic E-state index is 14.0. The molecule has 1 N–H and O–H groups in total. The van der Waals surface area contributed by atoms with Crippen LogP contribution < -0.4 is 0 Å². The van der Waals surface area contributed by atoms with Crippen LogP contribution in [0.3, 0.4) is 0 Å². The zero-order valence-corrected chi connectivity index (χ0v) is 14.6. The van der Waals surface area contributed by atoms with Gasteiger partial charge in [-0.15, -0.1) is 0 Å². The molecule has 2 rings (SSSR count). The first-order chi connectivity index (χ1) is 12.8. The lowest BCUT2D eigenvalue weighted by Crippen LogP contribution is -2.39. The summed E-state index contributed by atoms with van der Waals surface area (Å²) < 4.78 is 58.8. The Kier molecular flexibility index (Phi) is 6.95. The van der Waals surface area contributed by atoms with Crippen molar-refractivity contribution < 1.29 is 37.0 Å². The van der Waals surface area contributed by atoms with E-state index in [1.807, 2.05) is 0 Å². The summed E-state index contributed by atoms with van der Waals surface area (Å²) in [4.78, 5) is 26.3. The number of ketones is 1. The molecule has 1 saturated carbocycles. The molecule has 0 amide bonds. The van der Waals surface area contributed by atoms with Gasteiger partial charge in [0, 0.05) is 18.8 Å². The molecule has 0 saturated heterocycles. The monoisotopic (exact) mass is 389 g/mol. The molecule has 1 aromatic carbocycles. The Balaban J connectivity index is 2.49. The van der Waals surface area contributed by atoms with Crippen molar-refractivity contribution in [1.82, 2.24) is 4.90 Å². The van der Waals surface area contributed by atoms with Crippen LogP contribution in [-0.4, -0.2) is 47.6 Å². The number of carbonyl (C=O) groups is 2. The number of hydrogen-bond donors (Lipinski definition) is 1. The Morgan fingerprint density at radius 2 is 1.89 bits per heavy atom. The molecule has 9 heteroatoms. The van der Waals surface area contributed by atoms with Crippen molar-refractivity contribution in [1.29, 1.82) is 0 Å². The first-order valence-electron chi connectivity index (χ1n) is 8.45. The van der Waals surface area contributed by atoms with Crippen LogP contribution in [0.5, 0.6) is 0 Å². The van der Waals surface area contributed by atoms with E-state index in [0.29, 0.717) is 0 Å². The van der Waals surface area contributed by atoms with Gasteiger partial charge < -0.3 is 14.7 Å². The fraction of sp³-hybridized carbons (Fsp3) is 0.444. The molecule has 0 unspecified atom stereocenters. The summed E-state index contributed by atoms with van der Waals surface area (Å²) in [5, 5.41) is 9.19. The van der Waals surface area contributed by atoms with Crippen LogP contribution in [0.2, 0.25) is 0 Å². The zero-order chi connectivity index (χ0) is 20.1. The number of aliphatic hydroxyl groups excluding tert-OH is 1. The van der Waals surface area contributed by atoms with Crippen LogP contribution in [0.25, 0.3) is 0 Å². The number of halogens is 4. The molecule has 0 spiro atoms. The SMILES string of the molecule is CCOC(=O)C(=CN(CCO)C1CCC1)C(=O)c1cc(F)c(F)c(F)c1F. The average molecular weight is 389 g/mol. The molecule has 1 aromatic rings. The minimum absolute atomic E-state index is 0.0408. The van der Waals surface area contributed by atoms with Gasteiger partial charge in [0.25, 0.3) is 0 Å². The van der Waals surface area contributed by atoms with Crippen molar-refractivity contribution in [3.8, 4) is 0 Å². The fourth-order valence-electron chi connectivity index (χ4n) is 2.65. The first-order valence-corrected chi connectivity index (χ1v) is 8.45. The highest BCUT2D eigenvalue weighted by Crippen LogP contribution is 2.27. The van der Waals surface area contributed by atoms with E-state index in [1.54, 1.807) is 0 Å². The number of esters is 1. The molecule has 0 heterocycles. The third-order valence-corrected chi connectivity index (χ3v) is 4.28. The van der Waals surface area contributed by atoms with Gasteiger partial charge in [0.15, 0.2) is 23.3 Å². The van der Waals surface area contributed by atoms with E-state index in [2.05, 4.69) is 0 Å². The summed E-state index contributed by atoms with van der Waals surface area (Å²) in [6.45, 7) is 1.21. The smallest absolute Gasteiger partial charge is 0.343 e. The lowest BCUT2D eigenvalue weighted by atomic mass is 9.91. The number of benzene rings is 1. The third kappa shape index (κ3) is 4.47. The van der Waals surface area contributed by atoms with E-state index >= 15 is 0 Å². The summed E-state index contributed by atoms with van der Waals surface area (Å²) in [6.07, 6.45) is 3.54. The zero-order valence-electron chi connectivity index (χ0n) is 14.6. The molecule has 0 radical (unpaired) electrons. The third-order valence-electron chi connectivity index (χ3n) is 4.28. The molecule has 27 heavy (non-hydrogen) atoms. The second-order valence-electron chi connectivity index (χ2n) is 5.99. The average Bonchev–Trinajstić information content (AvgIpc) is 2.59. The van der Waals surface area contributed by atoms with E-state index in [0.717, 1.165) is 25.5 Å². The lowest BCUT2D eigenvalue weighted by Gasteiger charge is -2.36. The van der Waals surface area contributed by atoms with E-state index in [9.17, 15) is 32.3 Å². The molecular formula is C18H19F4NO4. The van der Waals surface area contributed by atoms with Crippen molar-refractivity contribution in [2.45, 2.75) is 32.2 Å². The highest BCUT2D eigenvalue weighted by atomic mass is 19.2. The highest BCUT2D eigenvalue weighted by molar-refractivity contribution is 6.24. The lowest BCUT2D eigenvalue weighted by molar-refractivity contribution is -0.138. The second-order valence-corrected chi connectivity index (χ2v) is 5.99. The van der Waals surface area contributed by atoms with Crippen LogP contribution in [0.15, 0.2) is 17.8 Å². The number of carbonyl (C=O) groups excluding carboxylic acids is 2. The maximum Gasteiger partial charge on any atom is 0.343 e. The quantitative estimate of drug-likeness (QED) is 0.108. The van der Waals surface area contributed by atoms with Crippen LogP contribution in [0.1, 0.15) is 36.5 Å². The standard InChI is InChI=1S/C18H19F4NO4/c1-2-27-18(26)12(9-23(6-7-24)10-4-3-5-10)17(25)11-8-13(19)15(21)16(22)14(11)20/h8-10,24H,2-7H2,1H3. The molecular weight excluding hydrogens is 370 g/mol. The minimum Gasteiger partial charge on any atom is -0.462 e. The molecule has 1 aliphatic carbocycles. The van der Waals surface area contributed by atoms with E-state index in [1.165, 1.54) is 11.8 Å². The van der Waals surface area contributed by atoms with Crippen molar-refractivity contribution in [2.24, 2.45) is 0 Å². The Hall–Kier alpha value is -2.42. The summed E-state index contributed by atoms with van der Waals surface area (Å²) >= 11 is 0. The normalized spacial score (nSPS) is 14.7. The number of hydrogen-bond acceptors (Lipinski definition) is 5. The summed E-state index contributed by atoms with van der Waals surface area (Å²) in [6, 6.07) is 0.156. The van der Waals surface area contributed by atoms with Gasteiger partial charge in [0.2, 0.25) is 5.78 Å². The van der Waals surface area contributed by atoms with Crippen LogP contribution in [0.4, 0.5) is 17.6 Å². The molecule has 0 aromatic heterocycles. The van der Waals surface area contributed by atoms with Gasteiger partial charge in [-0.3, -0.25) is 4.79 Å². The molecule has 0 bridgehead atoms. The second kappa shape index (κ2) is 8.98. The minimum atomic E-state index is -2.15. The van der Waals surface area contributed by atoms with Gasteiger partial charge in [0.1, 0.15) is 5.57 Å². The molecule has 0 aliphatic heterocycles. The van der Waals surface area contributed by atoms with Gasteiger partial charge in [-0.1, -0.05) is 0 Å². The van der Waals surface area contributed by atoms with Crippen molar-refractivity contribution in [3.63, 3.8) is 0 Å². The van der Waals surface area contributed by atoms with Crippen molar-refractivity contribution in [3.05, 3.63) is 46.7 Å². The first kappa shape index (κ1) is 20.9. The van der Waals surface area contributed by atoms with Crippen molar-refractivity contribution in [2.75, 3.05) is 19.8 Å². The van der Waals surface area contributed by atoms with Crippen LogP contribution in [0, 0.1) is 23.3 Å². The molecule has 1 fully saturated rings. The molecule has 0 atom stereocenters. The Morgan fingerprint density at radius 1 is 1.22 bits per heavy atom.